The van der Waals surface area contributed by atoms with Gasteiger partial charge < -0.3 is 0 Å². The number of hydrogen-bond donors (Lipinski definition) is 1. The third kappa shape index (κ3) is 5.88. The van der Waals surface area contributed by atoms with Crippen molar-refractivity contribution in [3.63, 3.8) is 0 Å². The lowest BCUT2D eigenvalue weighted by atomic mass is 9.79. The monoisotopic (exact) mass is 224 g/mol. The van der Waals surface area contributed by atoms with Crippen LogP contribution < -0.4 is 0 Å². The highest BCUT2D eigenvalue weighted by molar-refractivity contribution is 7.80. The van der Waals surface area contributed by atoms with E-state index in [1.165, 1.54) is 5.57 Å². The van der Waals surface area contributed by atoms with Crippen LogP contribution in [0.4, 0.5) is 0 Å². The van der Waals surface area contributed by atoms with Crippen LogP contribution in [0.25, 0.3) is 0 Å². The number of allylic oxidation sites excluding steroid dienone is 6. The minimum atomic E-state index is 0.188. The van der Waals surface area contributed by atoms with Gasteiger partial charge in [-0.25, -0.2) is 0 Å². The third-order valence-electron chi connectivity index (χ3n) is 2.40. The summed E-state index contributed by atoms with van der Waals surface area (Å²) in [6.45, 7) is 10.8. The van der Waals surface area contributed by atoms with E-state index in [4.69, 9.17) is 0 Å². The van der Waals surface area contributed by atoms with Crippen LogP contribution >= 0.6 is 12.6 Å². The van der Waals surface area contributed by atoms with Crippen molar-refractivity contribution in [1.82, 2.24) is 0 Å². The van der Waals surface area contributed by atoms with Gasteiger partial charge in [0.1, 0.15) is 0 Å². The van der Waals surface area contributed by atoms with Crippen molar-refractivity contribution in [2.45, 2.75) is 46.3 Å². The average molecular weight is 224 g/mol. The fourth-order valence-corrected chi connectivity index (χ4v) is 2.20. The maximum absolute atomic E-state index is 4.48. The molecule has 0 aromatic carbocycles. The molecule has 1 unspecified atom stereocenters. The molecule has 86 valence electrons. The molecule has 0 spiro atoms. The summed E-state index contributed by atoms with van der Waals surface area (Å²) in [6.07, 6.45) is 11.7. The molecule has 0 rings (SSSR count). The molecule has 1 atom stereocenters. The van der Waals surface area contributed by atoms with Gasteiger partial charge in [0.05, 0.1) is 0 Å². The number of rotatable bonds is 5. The Balaban J connectivity index is 4.89. The van der Waals surface area contributed by atoms with Crippen molar-refractivity contribution < 1.29 is 0 Å². The quantitative estimate of drug-likeness (QED) is 0.503. The molecule has 0 amide bonds. The van der Waals surface area contributed by atoms with Crippen LogP contribution in [0, 0.1) is 5.41 Å². The van der Waals surface area contributed by atoms with E-state index in [0.29, 0.717) is 5.25 Å². The first kappa shape index (κ1) is 14.6. The van der Waals surface area contributed by atoms with Gasteiger partial charge in [0.2, 0.25) is 0 Å². The van der Waals surface area contributed by atoms with E-state index in [9.17, 15) is 0 Å². The van der Waals surface area contributed by atoms with Crippen LogP contribution in [0.5, 0.6) is 0 Å². The Labute approximate surface area is 101 Å². The van der Waals surface area contributed by atoms with Gasteiger partial charge in [-0.05, 0) is 36.5 Å². The fraction of sp³-hybridized carbons (Fsp3) is 0.571. The summed E-state index contributed by atoms with van der Waals surface area (Å²) in [4.78, 5) is 0. The van der Waals surface area contributed by atoms with Crippen LogP contribution in [0.3, 0.4) is 0 Å². The van der Waals surface area contributed by atoms with Crippen molar-refractivity contribution in [3.8, 4) is 0 Å². The molecule has 15 heavy (non-hydrogen) atoms. The Morgan fingerprint density at radius 1 is 1.27 bits per heavy atom. The van der Waals surface area contributed by atoms with E-state index < -0.39 is 0 Å². The topological polar surface area (TPSA) is 0 Å². The minimum Gasteiger partial charge on any atom is -0.176 e. The van der Waals surface area contributed by atoms with Gasteiger partial charge in [-0.2, -0.15) is 12.6 Å². The molecule has 0 N–H and O–H groups in total. The van der Waals surface area contributed by atoms with Crippen LogP contribution in [0.2, 0.25) is 0 Å². The van der Waals surface area contributed by atoms with E-state index in [2.05, 4.69) is 70.7 Å². The highest BCUT2D eigenvalue weighted by atomic mass is 32.1. The summed E-state index contributed by atoms with van der Waals surface area (Å²) in [6, 6.07) is 0. The molecule has 0 aromatic heterocycles. The maximum atomic E-state index is 4.48. The van der Waals surface area contributed by atoms with E-state index >= 15 is 0 Å². The van der Waals surface area contributed by atoms with Gasteiger partial charge in [-0.15, -0.1) is 0 Å². The highest BCUT2D eigenvalue weighted by Crippen LogP contribution is 2.33. The van der Waals surface area contributed by atoms with Gasteiger partial charge >= 0.3 is 0 Å². The Morgan fingerprint density at radius 3 is 2.27 bits per heavy atom. The number of hydrogen-bond acceptors (Lipinski definition) is 1. The Hall–Kier alpha value is -0.430. The van der Waals surface area contributed by atoms with E-state index in [1.54, 1.807) is 0 Å². The van der Waals surface area contributed by atoms with Crippen molar-refractivity contribution in [2.75, 3.05) is 0 Å². The minimum absolute atomic E-state index is 0.188. The molecular formula is C14H24S. The Bertz CT molecular complexity index is 255. The Morgan fingerprint density at radius 2 is 1.87 bits per heavy atom. The van der Waals surface area contributed by atoms with Gasteiger partial charge in [0.15, 0.2) is 0 Å². The second-order valence-corrected chi connectivity index (χ2v) is 5.47. The van der Waals surface area contributed by atoms with Gasteiger partial charge in [-0.3, -0.25) is 0 Å². The van der Waals surface area contributed by atoms with E-state index in [-0.39, 0.29) is 5.41 Å². The zero-order valence-corrected chi connectivity index (χ0v) is 11.5. The van der Waals surface area contributed by atoms with Crippen molar-refractivity contribution in [2.24, 2.45) is 5.41 Å². The average Bonchev–Trinajstić information content (AvgIpc) is 2.09. The lowest BCUT2D eigenvalue weighted by molar-refractivity contribution is 0.418. The zero-order chi connectivity index (χ0) is 11.9. The van der Waals surface area contributed by atoms with Crippen LogP contribution in [-0.2, 0) is 0 Å². The normalized spacial score (nSPS) is 16.5. The van der Waals surface area contributed by atoms with E-state index in [0.717, 1.165) is 6.42 Å². The molecule has 1 heteroatoms. The summed E-state index contributed by atoms with van der Waals surface area (Å²) in [5.41, 5.74) is 1.55. The molecule has 0 aromatic rings. The van der Waals surface area contributed by atoms with E-state index in [1.807, 2.05) is 6.92 Å². The van der Waals surface area contributed by atoms with Crippen molar-refractivity contribution in [1.29, 1.82) is 0 Å². The summed E-state index contributed by atoms with van der Waals surface area (Å²) >= 11 is 4.48. The molecule has 0 aliphatic heterocycles. The lowest BCUT2D eigenvalue weighted by Gasteiger charge is -2.28. The molecule has 0 saturated heterocycles. The van der Waals surface area contributed by atoms with Gasteiger partial charge in [0, 0.05) is 0 Å². The molecule has 0 heterocycles. The molecule has 0 fully saturated rings. The lowest BCUT2D eigenvalue weighted by Crippen LogP contribution is -2.17. The molecule has 0 saturated carbocycles. The highest BCUT2D eigenvalue weighted by Gasteiger charge is 2.22. The molecule has 0 aliphatic rings. The molecule has 0 nitrogen and oxygen atoms in total. The summed E-state index contributed by atoms with van der Waals surface area (Å²) < 4.78 is 0. The number of thiol groups is 1. The summed E-state index contributed by atoms with van der Waals surface area (Å²) in [5.74, 6) is 0. The standard InChI is InChI=1S/C14H24S/c1-6-8-10-13(9-7-2)14(4,5)11-12(3)15/h6-10,12,15H,11H2,1-5H3/b8-6-,9-7-,13-10+. The van der Waals surface area contributed by atoms with Crippen molar-refractivity contribution in [3.05, 3.63) is 36.0 Å². The van der Waals surface area contributed by atoms with Gasteiger partial charge in [0.25, 0.3) is 0 Å². The van der Waals surface area contributed by atoms with Crippen LogP contribution in [0.1, 0.15) is 41.0 Å². The third-order valence-corrected chi connectivity index (χ3v) is 2.58. The smallest absolute Gasteiger partial charge is 0.000331 e. The zero-order valence-electron chi connectivity index (χ0n) is 10.6. The summed E-state index contributed by atoms with van der Waals surface area (Å²) in [5, 5.41) is 0.430. The SMILES string of the molecule is C\C=C/C=C(\C=C/C)C(C)(C)CC(C)S. The molecule has 0 radical (unpaired) electrons. The van der Waals surface area contributed by atoms with Gasteiger partial charge in [-0.1, -0.05) is 51.2 Å². The first-order chi connectivity index (χ1) is 6.94. The largest absolute Gasteiger partial charge is 0.176 e. The fourth-order valence-electron chi connectivity index (χ4n) is 1.74. The molecule has 0 aliphatic carbocycles. The molecular weight excluding hydrogens is 200 g/mol. The summed E-state index contributed by atoms with van der Waals surface area (Å²) in [7, 11) is 0. The predicted octanol–water partition coefficient (Wildman–Crippen LogP) is 4.80. The first-order valence-electron chi connectivity index (χ1n) is 5.58. The first-order valence-corrected chi connectivity index (χ1v) is 6.10. The predicted molar refractivity (Wildman–Crippen MR) is 74.6 cm³/mol. The second-order valence-electron chi connectivity index (χ2n) is 4.58. The van der Waals surface area contributed by atoms with Crippen molar-refractivity contribution >= 4 is 12.6 Å². The van der Waals surface area contributed by atoms with Crippen LogP contribution in [0.15, 0.2) is 36.0 Å². The Kier molecular flexibility index (Phi) is 6.75. The van der Waals surface area contributed by atoms with Crippen LogP contribution in [-0.4, -0.2) is 5.25 Å². The molecule has 0 bridgehead atoms. The second kappa shape index (κ2) is 6.95. The maximum Gasteiger partial charge on any atom is -0.000331 e.